The molecule has 0 radical (unpaired) electrons. The van der Waals surface area contributed by atoms with Gasteiger partial charge in [0.15, 0.2) is 5.13 Å². The first kappa shape index (κ1) is 18.2. The van der Waals surface area contributed by atoms with Crippen molar-refractivity contribution in [2.24, 2.45) is 0 Å². The highest BCUT2D eigenvalue weighted by Gasteiger charge is 2.32. The van der Waals surface area contributed by atoms with Gasteiger partial charge in [0.05, 0.1) is 17.5 Å². The average Bonchev–Trinajstić information content (AvgIpc) is 3.14. The lowest BCUT2D eigenvalue weighted by Gasteiger charge is -2.31. The second-order valence-corrected chi connectivity index (χ2v) is 6.82. The molecular formula is C17H23N3O3S. The van der Waals surface area contributed by atoms with Gasteiger partial charge >= 0.3 is 5.97 Å². The van der Waals surface area contributed by atoms with Crippen LogP contribution in [0.1, 0.15) is 54.9 Å². The lowest BCUT2D eigenvalue weighted by molar-refractivity contribution is -0.138. The Kier molecular flexibility index (Phi) is 5.43. The van der Waals surface area contributed by atoms with Crippen LogP contribution >= 0.6 is 11.3 Å². The Balaban J connectivity index is 2.33. The van der Waals surface area contributed by atoms with Crippen LogP contribution in [0.3, 0.4) is 0 Å². The number of aromatic nitrogens is 2. The number of carboxylic acid groups (broad SMARTS) is 1. The van der Waals surface area contributed by atoms with Crippen LogP contribution in [0.25, 0.3) is 5.13 Å². The van der Waals surface area contributed by atoms with Crippen molar-refractivity contribution in [1.29, 1.82) is 0 Å². The number of aliphatic carboxylic acids is 1. The van der Waals surface area contributed by atoms with Gasteiger partial charge in [0.25, 0.3) is 5.91 Å². The molecule has 0 atom stereocenters. The van der Waals surface area contributed by atoms with Gasteiger partial charge in [-0.05, 0) is 32.8 Å². The molecular weight excluding hydrogens is 326 g/mol. The van der Waals surface area contributed by atoms with Gasteiger partial charge in [-0.2, -0.15) is 0 Å². The summed E-state index contributed by atoms with van der Waals surface area (Å²) in [4.78, 5) is 28.2. The molecule has 2 heterocycles. The van der Waals surface area contributed by atoms with E-state index in [2.05, 4.69) is 10.3 Å². The van der Waals surface area contributed by atoms with Crippen molar-refractivity contribution >= 4 is 23.2 Å². The molecule has 1 amide bonds. The van der Waals surface area contributed by atoms with E-state index in [1.165, 1.54) is 11.3 Å². The van der Waals surface area contributed by atoms with Crippen molar-refractivity contribution in [1.82, 2.24) is 14.9 Å². The molecule has 7 heteroatoms. The Morgan fingerprint density at radius 3 is 2.50 bits per heavy atom. The highest BCUT2D eigenvalue weighted by molar-refractivity contribution is 7.12. The predicted octanol–water partition coefficient (Wildman–Crippen LogP) is 3.31. The molecule has 2 aromatic heterocycles. The summed E-state index contributed by atoms with van der Waals surface area (Å²) in [6, 6.07) is 1.82. The fourth-order valence-corrected chi connectivity index (χ4v) is 3.68. The first-order chi connectivity index (χ1) is 11.3. The summed E-state index contributed by atoms with van der Waals surface area (Å²) in [6.45, 7) is 7.59. The summed E-state index contributed by atoms with van der Waals surface area (Å²) in [6.07, 6.45) is 2.77. The summed E-state index contributed by atoms with van der Waals surface area (Å²) in [5, 5.41) is 14.8. The number of amides is 1. The predicted molar refractivity (Wildman–Crippen MR) is 93.9 cm³/mol. The number of hydrogen-bond donors (Lipinski definition) is 2. The molecule has 2 aromatic rings. The van der Waals surface area contributed by atoms with Gasteiger partial charge in [-0.25, -0.2) is 4.98 Å². The van der Waals surface area contributed by atoms with E-state index in [-0.39, 0.29) is 12.3 Å². The van der Waals surface area contributed by atoms with E-state index in [1.54, 1.807) is 6.20 Å². The van der Waals surface area contributed by atoms with Crippen LogP contribution in [0.15, 0.2) is 17.6 Å². The number of aryl methyl sites for hydroxylation is 1. The second-order valence-electron chi connectivity index (χ2n) is 5.95. The molecule has 0 saturated heterocycles. The first-order valence-corrected chi connectivity index (χ1v) is 8.84. The monoisotopic (exact) mass is 349 g/mol. The largest absolute Gasteiger partial charge is 0.481 e. The number of carboxylic acids is 1. The van der Waals surface area contributed by atoms with Crippen LogP contribution in [-0.4, -0.2) is 32.1 Å². The van der Waals surface area contributed by atoms with Crippen molar-refractivity contribution in [2.45, 2.75) is 52.5 Å². The van der Waals surface area contributed by atoms with E-state index in [0.717, 1.165) is 16.5 Å². The zero-order chi connectivity index (χ0) is 17.9. The van der Waals surface area contributed by atoms with Crippen LogP contribution in [0, 0.1) is 13.8 Å². The third-order valence-electron chi connectivity index (χ3n) is 4.51. The Morgan fingerprint density at radius 2 is 2.00 bits per heavy atom. The van der Waals surface area contributed by atoms with Crippen LogP contribution in [0.5, 0.6) is 0 Å². The zero-order valence-electron chi connectivity index (χ0n) is 14.4. The van der Waals surface area contributed by atoms with Gasteiger partial charge in [0.2, 0.25) is 0 Å². The quantitative estimate of drug-likeness (QED) is 0.803. The van der Waals surface area contributed by atoms with Crippen LogP contribution < -0.4 is 5.32 Å². The summed E-state index contributed by atoms with van der Waals surface area (Å²) in [5.41, 5.74) is 1.55. The average molecular weight is 349 g/mol. The maximum atomic E-state index is 12.8. The zero-order valence-corrected chi connectivity index (χ0v) is 15.2. The molecule has 0 fully saturated rings. The molecule has 0 aliphatic rings. The number of thiazole rings is 1. The molecule has 6 nitrogen and oxygen atoms in total. The van der Waals surface area contributed by atoms with Crippen LogP contribution in [-0.2, 0) is 4.79 Å². The van der Waals surface area contributed by atoms with E-state index in [9.17, 15) is 9.59 Å². The Bertz CT molecular complexity index is 731. The molecule has 2 rings (SSSR count). The first-order valence-electron chi connectivity index (χ1n) is 7.96. The van der Waals surface area contributed by atoms with E-state index in [0.29, 0.717) is 18.4 Å². The third-order valence-corrected chi connectivity index (χ3v) is 5.26. The molecule has 0 aliphatic carbocycles. The van der Waals surface area contributed by atoms with Crippen molar-refractivity contribution in [3.8, 4) is 5.13 Å². The second kappa shape index (κ2) is 7.17. The van der Waals surface area contributed by atoms with Crippen molar-refractivity contribution < 1.29 is 14.7 Å². The minimum Gasteiger partial charge on any atom is -0.481 e. The van der Waals surface area contributed by atoms with Crippen molar-refractivity contribution in [3.63, 3.8) is 0 Å². The fourth-order valence-electron chi connectivity index (χ4n) is 2.93. The summed E-state index contributed by atoms with van der Waals surface area (Å²) < 4.78 is 1.94. The minimum atomic E-state index is -0.910. The smallest absolute Gasteiger partial charge is 0.305 e. The number of nitrogens with one attached hydrogen (secondary N) is 1. The van der Waals surface area contributed by atoms with Crippen molar-refractivity contribution in [2.75, 3.05) is 0 Å². The Morgan fingerprint density at radius 1 is 1.33 bits per heavy atom. The molecule has 0 bridgehead atoms. The maximum Gasteiger partial charge on any atom is 0.305 e. The molecule has 130 valence electrons. The molecule has 0 aliphatic heterocycles. The number of rotatable bonds is 7. The van der Waals surface area contributed by atoms with Gasteiger partial charge < -0.3 is 10.4 Å². The van der Waals surface area contributed by atoms with Gasteiger partial charge in [-0.3, -0.25) is 14.2 Å². The summed E-state index contributed by atoms with van der Waals surface area (Å²) in [7, 11) is 0. The lowest BCUT2D eigenvalue weighted by Crippen LogP contribution is -2.49. The van der Waals surface area contributed by atoms with E-state index >= 15 is 0 Å². The summed E-state index contributed by atoms with van der Waals surface area (Å²) in [5.74, 6) is -1.15. The third kappa shape index (κ3) is 3.51. The normalized spacial score (nSPS) is 11.5. The molecule has 0 unspecified atom stereocenters. The maximum absolute atomic E-state index is 12.8. The van der Waals surface area contributed by atoms with Crippen LogP contribution in [0.4, 0.5) is 0 Å². The summed E-state index contributed by atoms with van der Waals surface area (Å²) >= 11 is 1.50. The van der Waals surface area contributed by atoms with Gasteiger partial charge in [-0.15, -0.1) is 11.3 Å². The van der Waals surface area contributed by atoms with Gasteiger partial charge in [0, 0.05) is 23.0 Å². The standard InChI is InChI=1S/C17H23N3O3S/c1-5-17(6-2,10-14(21)22)19-15(23)13-9-11(3)20(12(13)4)16-18-7-8-24-16/h7-9H,5-6,10H2,1-4H3,(H,19,23)(H,21,22). The number of carbonyl (C=O) groups is 2. The number of hydrogen-bond acceptors (Lipinski definition) is 4. The lowest BCUT2D eigenvalue weighted by atomic mass is 9.88. The molecule has 0 saturated carbocycles. The number of nitrogens with zero attached hydrogens (tertiary/aromatic N) is 2. The van der Waals surface area contributed by atoms with Crippen LogP contribution in [0.2, 0.25) is 0 Å². The molecule has 24 heavy (non-hydrogen) atoms. The fraction of sp³-hybridized carbons (Fsp3) is 0.471. The van der Waals surface area contributed by atoms with Gasteiger partial charge in [-0.1, -0.05) is 13.8 Å². The number of carbonyl (C=O) groups excluding carboxylic acids is 1. The topological polar surface area (TPSA) is 84.2 Å². The minimum absolute atomic E-state index is 0.0864. The molecule has 0 aromatic carbocycles. The highest BCUT2D eigenvalue weighted by Crippen LogP contribution is 2.25. The van der Waals surface area contributed by atoms with Crippen molar-refractivity contribution in [3.05, 3.63) is 34.6 Å². The van der Waals surface area contributed by atoms with Gasteiger partial charge in [0.1, 0.15) is 0 Å². The highest BCUT2D eigenvalue weighted by atomic mass is 32.1. The SMILES string of the molecule is CCC(CC)(CC(=O)O)NC(=O)c1cc(C)n(-c2nccs2)c1C. The van der Waals surface area contributed by atoms with E-state index < -0.39 is 11.5 Å². The molecule has 2 N–H and O–H groups in total. The Hall–Kier alpha value is -2.15. The van der Waals surface area contributed by atoms with E-state index in [4.69, 9.17) is 5.11 Å². The van der Waals surface area contributed by atoms with E-state index in [1.807, 2.05) is 43.7 Å². The Labute approximate surface area is 145 Å². The molecule has 0 spiro atoms.